The summed E-state index contributed by atoms with van der Waals surface area (Å²) in [4.78, 5) is 0. The van der Waals surface area contributed by atoms with Crippen LogP contribution in [0.4, 0.5) is 4.39 Å². The van der Waals surface area contributed by atoms with E-state index in [1.165, 1.54) is 31.7 Å². The van der Waals surface area contributed by atoms with Crippen LogP contribution < -0.4 is 5.32 Å². The zero-order valence-corrected chi connectivity index (χ0v) is 12.0. The highest BCUT2D eigenvalue weighted by Gasteiger charge is 2.32. The quantitative estimate of drug-likeness (QED) is 0.896. The molecule has 2 rings (SSSR count). The van der Waals surface area contributed by atoms with Crippen molar-refractivity contribution >= 4 is 11.8 Å². The third-order valence-electron chi connectivity index (χ3n) is 3.88. The van der Waals surface area contributed by atoms with Gasteiger partial charge in [-0.3, -0.25) is 0 Å². The molecule has 0 bridgehead atoms. The molecule has 0 atom stereocenters. The molecule has 0 unspecified atom stereocenters. The molecule has 0 saturated heterocycles. The molecule has 1 aliphatic carbocycles. The molecular formula is C15H19FN2S. The van der Waals surface area contributed by atoms with Crippen molar-refractivity contribution in [3.05, 3.63) is 35.1 Å². The van der Waals surface area contributed by atoms with Crippen molar-refractivity contribution < 1.29 is 4.39 Å². The Kier molecular flexibility index (Phi) is 4.84. The summed E-state index contributed by atoms with van der Waals surface area (Å²) in [6, 6.07) is 6.62. The second-order valence-electron chi connectivity index (χ2n) is 5.12. The summed E-state index contributed by atoms with van der Waals surface area (Å²) in [5.74, 6) is -0.442. The van der Waals surface area contributed by atoms with Crippen LogP contribution in [0.25, 0.3) is 0 Å². The van der Waals surface area contributed by atoms with E-state index in [0.717, 1.165) is 12.1 Å². The fourth-order valence-corrected chi connectivity index (χ4v) is 3.62. The molecule has 1 aliphatic rings. The fraction of sp³-hybridized carbons (Fsp3) is 0.533. The number of nitrogens with one attached hydrogen (secondary N) is 1. The van der Waals surface area contributed by atoms with E-state index in [4.69, 9.17) is 5.26 Å². The second-order valence-corrected chi connectivity index (χ2v) is 6.40. The molecule has 1 saturated carbocycles. The Labute approximate surface area is 118 Å². The van der Waals surface area contributed by atoms with Gasteiger partial charge >= 0.3 is 0 Å². The average Bonchev–Trinajstić information content (AvgIpc) is 2.90. The minimum absolute atomic E-state index is 0.125. The SMILES string of the molecule is CSC1(CNCc2ccc(F)c(C#N)c2)CCCC1. The molecule has 4 heteroatoms. The standard InChI is InChI=1S/C15H19FN2S/c1-19-15(6-2-3-7-15)11-18-10-12-4-5-14(16)13(8-12)9-17/h4-5,8,18H,2-3,6-7,10-11H2,1H3. The van der Waals surface area contributed by atoms with Crippen LogP contribution in [0, 0.1) is 17.1 Å². The van der Waals surface area contributed by atoms with Crippen molar-refractivity contribution in [3.8, 4) is 6.07 Å². The Morgan fingerprint density at radius 3 is 2.79 bits per heavy atom. The van der Waals surface area contributed by atoms with Gasteiger partial charge in [-0.1, -0.05) is 18.9 Å². The lowest BCUT2D eigenvalue weighted by Gasteiger charge is -2.27. The number of hydrogen-bond donors (Lipinski definition) is 1. The summed E-state index contributed by atoms with van der Waals surface area (Å²) >= 11 is 1.95. The van der Waals surface area contributed by atoms with Gasteiger partial charge in [-0.25, -0.2) is 4.39 Å². The maximum absolute atomic E-state index is 13.2. The van der Waals surface area contributed by atoms with Crippen LogP contribution in [-0.4, -0.2) is 17.5 Å². The molecule has 102 valence electrons. The van der Waals surface area contributed by atoms with Crippen molar-refractivity contribution in [2.45, 2.75) is 37.0 Å². The van der Waals surface area contributed by atoms with E-state index in [0.29, 0.717) is 11.3 Å². The van der Waals surface area contributed by atoms with Crippen LogP contribution in [-0.2, 0) is 6.54 Å². The highest BCUT2D eigenvalue weighted by Crippen LogP contribution is 2.39. The van der Waals surface area contributed by atoms with Crippen LogP contribution >= 0.6 is 11.8 Å². The van der Waals surface area contributed by atoms with Crippen LogP contribution in [0.15, 0.2) is 18.2 Å². The van der Waals surface area contributed by atoms with Gasteiger partial charge in [-0.2, -0.15) is 17.0 Å². The first kappa shape index (κ1) is 14.4. The lowest BCUT2D eigenvalue weighted by Crippen LogP contribution is -2.34. The zero-order valence-electron chi connectivity index (χ0n) is 11.2. The molecule has 0 amide bonds. The maximum atomic E-state index is 13.2. The van der Waals surface area contributed by atoms with E-state index in [1.807, 2.05) is 17.8 Å². The Morgan fingerprint density at radius 2 is 2.16 bits per heavy atom. The molecule has 1 aromatic carbocycles. The van der Waals surface area contributed by atoms with Crippen LogP contribution in [0.3, 0.4) is 0 Å². The zero-order chi connectivity index (χ0) is 13.7. The van der Waals surface area contributed by atoms with Gasteiger partial charge < -0.3 is 5.32 Å². The van der Waals surface area contributed by atoms with Gasteiger partial charge in [0.25, 0.3) is 0 Å². The van der Waals surface area contributed by atoms with Gasteiger partial charge in [-0.15, -0.1) is 0 Å². The smallest absolute Gasteiger partial charge is 0.140 e. The predicted molar refractivity (Wildman–Crippen MR) is 77.5 cm³/mol. The molecule has 0 radical (unpaired) electrons. The number of nitrogens with zero attached hydrogens (tertiary/aromatic N) is 1. The molecular weight excluding hydrogens is 259 g/mol. The number of hydrogen-bond acceptors (Lipinski definition) is 3. The Hall–Kier alpha value is -1.05. The van der Waals surface area contributed by atoms with Gasteiger partial charge in [0.15, 0.2) is 0 Å². The summed E-state index contributed by atoms with van der Waals surface area (Å²) in [6.45, 7) is 1.67. The van der Waals surface area contributed by atoms with Gasteiger partial charge in [0, 0.05) is 17.8 Å². The number of thioether (sulfide) groups is 1. The van der Waals surface area contributed by atoms with Crippen LogP contribution in [0.1, 0.15) is 36.8 Å². The predicted octanol–water partition coefficient (Wildman–Crippen LogP) is 3.46. The molecule has 0 aliphatic heterocycles. The molecule has 19 heavy (non-hydrogen) atoms. The van der Waals surface area contributed by atoms with Crippen LogP contribution in [0.2, 0.25) is 0 Å². The Morgan fingerprint density at radius 1 is 1.42 bits per heavy atom. The summed E-state index contributed by atoms with van der Waals surface area (Å²) in [5.41, 5.74) is 1.09. The largest absolute Gasteiger partial charge is 0.311 e. The first-order chi connectivity index (χ1) is 9.19. The van der Waals surface area contributed by atoms with E-state index in [1.54, 1.807) is 12.1 Å². The van der Waals surface area contributed by atoms with Crippen molar-refractivity contribution in [1.82, 2.24) is 5.32 Å². The van der Waals surface area contributed by atoms with Gasteiger partial charge in [0.05, 0.1) is 5.56 Å². The van der Waals surface area contributed by atoms with E-state index >= 15 is 0 Å². The monoisotopic (exact) mass is 278 g/mol. The first-order valence-electron chi connectivity index (χ1n) is 6.63. The Balaban J connectivity index is 1.91. The second kappa shape index (κ2) is 6.40. The highest BCUT2D eigenvalue weighted by molar-refractivity contribution is 8.00. The Bertz CT molecular complexity index is 476. The summed E-state index contributed by atoms with van der Waals surface area (Å²) in [5, 5.41) is 12.3. The van der Waals surface area contributed by atoms with Crippen molar-refractivity contribution in [3.63, 3.8) is 0 Å². The lowest BCUT2D eigenvalue weighted by atomic mass is 10.1. The van der Waals surface area contributed by atoms with Crippen molar-refractivity contribution in [2.75, 3.05) is 12.8 Å². The van der Waals surface area contributed by atoms with Gasteiger partial charge in [0.1, 0.15) is 11.9 Å². The number of benzene rings is 1. The number of halogens is 1. The number of rotatable bonds is 5. The van der Waals surface area contributed by atoms with Crippen molar-refractivity contribution in [1.29, 1.82) is 5.26 Å². The molecule has 1 aromatic rings. The van der Waals surface area contributed by atoms with Crippen LogP contribution in [0.5, 0.6) is 0 Å². The third kappa shape index (κ3) is 3.49. The molecule has 0 heterocycles. The molecule has 0 aromatic heterocycles. The highest BCUT2D eigenvalue weighted by atomic mass is 32.2. The van der Waals surface area contributed by atoms with Crippen molar-refractivity contribution in [2.24, 2.45) is 0 Å². The topological polar surface area (TPSA) is 35.8 Å². The lowest BCUT2D eigenvalue weighted by molar-refractivity contribution is 0.533. The maximum Gasteiger partial charge on any atom is 0.140 e. The van der Waals surface area contributed by atoms with E-state index in [-0.39, 0.29) is 5.56 Å². The summed E-state index contributed by atoms with van der Waals surface area (Å²) in [7, 11) is 0. The van der Waals surface area contributed by atoms with Gasteiger partial charge in [-0.05, 0) is 36.8 Å². The molecule has 1 N–H and O–H groups in total. The average molecular weight is 278 g/mol. The minimum Gasteiger partial charge on any atom is -0.311 e. The third-order valence-corrected chi connectivity index (χ3v) is 5.29. The molecule has 0 spiro atoms. The molecule has 1 fully saturated rings. The first-order valence-corrected chi connectivity index (χ1v) is 7.86. The minimum atomic E-state index is -0.442. The van der Waals surface area contributed by atoms with Gasteiger partial charge in [0.2, 0.25) is 0 Å². The summed E-state index contributed by atoms with van der Waals surface area (Å²) < 4.78 is 13.6. The normalized spacial score (nSPS) is 17.3. The summed E-state index contributed by atoms with van der Waals surface area (Å²) in [6.07, 6.45) is 7.36. The van der Waals surface area contributed by atoms with E-state index in [9.17, 15) is 4.39 Å². The number of nitriles is 1. The fourth-order valence-electron chi connectivity index (χ4n) is 2.68. The molecule has 2 nitrogen and oxygen atoms in total. The van der Waals surface area contributed by atoms with E-state index in [2.05, 4.69) is 11.6 Å². The van der Waals surface area contributed by atoms with E-state index < -0.39 is 5.82 Å².